The molecule has 0 aromatic carbocycles. The highest BCUT2D eigenvalue weighted by Gasteiger charge is 2.30. The van der Waals surface area contributed by atoms with Crippen LogP contribution in [0.3, 0.4) is 0 Å². The molecule has 1 aliphatic rings. The lowest BCUT2D eigenvalue weighted by Crippen LogP contribution is -2.36. The normalized spacial score (nSPS) is 22.3. The Morgan fingerprint density at radius 1 is 1.48 bits per heavy atom. The second-order valence-corrected chi connectivity index (χ2v) is 8.97. The monoisotopic (exact) mass is 326 g/mol. The summed E-state index contributed by atoms with van der Waals surface area (Å²) in [5.41, 5.74) is 1.29. The predicted octanol–water partition coefficient (Wildman–Crippen LogP) is 4.05. The van der Waals surface area contributed by atoms with E-state index in [2.05, 4.69) is 38.0 Å². The van der Waals surface area contributed by atoms with E-state index in [1.54, 1.807) is 6.07 Å². The van der Waals surface area contributed by atoms with Gasteiger partial charge in [0.15, 0.2) is 0 Å². The van der Waals surface area contributed by atoms with Gasteiger partial charge >= 0.3 is 0 Å². The van der Waals surface area contributed by atoms with Gasteiger partial charge in [-0.3, -0.25) is 4.79 Å². The highest BCUT2D eigenvalue weighted by atomic mass is 35.5. The number of carbonyl (C=O) groups excluding carboxylic acids is 1. The minimum absolute atomic E-state index is 0.0708. The van der Waals surface area contributed by atoms with Crippen LogP contribution in [0.4, 0.5) is 0 Å². The summed E-state index contributed by atoms with van der Waals surface area (Å²) in [5, 5.41) is 3.41. The Balaban J connectivity index is 2.10. The Morgan fingerprint density at radius 3 is 2.76 bits per heavy atom. The van der Waals surface area contributed by atoms with E-state index in [1.165, 1.54) is 12.2 Å². The molecule has 1 aromatic rings. The summed E-state index contributed by atoms with van der Waals surface area (Å²) in [6.45, 7) is 9.09. The SMILES string of the molecule is CC1(CNC(=O)c2cc(Cl)nc(C(C)(C)C)c2)CCCS1. The first-order valence-electron chi connectivity index (χ1n) is 7.30. The second-order valence-electron chi connectivity index (χ2n) is 6.90. The quantitative estimate of drug-likeness (QED) is 0.852. The van der Waals surface area contributed by atoms with Crippen LogP contribution in [0, 0.1) is 0 Å². The third kappa shape index (κ3) is 4.36. The van der Waals surface area contributed by atoms with Gasteiger partial charge in [0.05, 0.1) is 0 Å². The zero-order valence-corrected chi connectivity index (χ0v) is 14.7. The molecule has 0 saturated carbocycles. The number of thioether (sulfide) groups is 1. The zero-order valence-electron chi connectivity index (χ0n) is 13.1. The van der Waals surface area contributed by atoms with Crippen molar-refractivity contribution in [2.75, 3.05) is 12.3 Å². The molecule has 1 aliphatic heterocycles. The lowest BCUT2D eigenvalue weighted by Gasteiger charge is -2.23. The molecule has 1 saturated heterocycles. The fraction of sp³-hybridized carbons (Fsp3) is 0.625. The van der Waals surface area contributed by atoms with Gasteiger partial charge in [0.25, 0.3) is 5.91 Å². The molecule has 0 bridgehead atoms. The molecule has 1 unspecified atom stereocenters. The average Bonchev–Trinajstić information content (AvgIpc) is 2.82. The van der Waals surface area contributed by atoms with Crippen molar-refractivity contribution in [3.05, 3.63) is 28.5 Å². The summed E-state index contributed by atoms with van der Waals surface area (Å²) in [6, 6.07) is 3.47. The Bertz CT molecular complexity index is 534. The van der Waals surface area contributed by atoms with Crippen molar-refractivity contribution in [1.29, 1.82) is 0 Å². The topological polar surface area (TPSA) is 42.0 Å². The number of hydrogen-bond acceptors (Lipinski definition) is 3. The third-order valence-corrected chi connectivity index (χ3v) is 5.48. The number of halogens is 1. The molecule has 0 spiro atoms. The van der Waals surface area contributed by atoms with Crippen LogP contribution in [-0.4, -0.2) is 27.9 Å². The molecular formula is C16H23ClN2OS. The van der Waals surface area contributed by atoms with Crippen LogP contribution in [0.1, 0.15) is 56.6 Å². The zero-order chi connectivity index (χ0) is 15.7. The molecule has 2 heterocycles. The summed E-state index contributed by atoms with van der Waals surface area (Å²) in [7, 11) is 0. The molecule has 21 heavy (non-hydrogen) atoms. The minimum atomic E-state index is -0.132. The largest absolute Gasteiger partial charge is 0.351 e. The number of pyridine rings is 1. The van der Waals surface area contributed by atoms with Crippen molar-refractivity contribution in [3.63, 3.8) is 0 Å². The Morgan fingerprint density at radius 2 is 2.19 bits per heavy atom. The first-order valence-corrected chi connectivity index (χ1v) is 8.66. The molecule has 1 atom stereocenters. The van der Waals surface area contributed by atoms with Crippen molar-refractivity contribution < 1.29 is 4.79 Å². The van der Waals surface area contributed by atoms with Crippen LogP contribution in [0.5, 0.6) is 0 Å². The lowest BCUT2D eigenvalue weighted by molar-refractivity contribution is 0.0949. The molecular weight excluding hydrogens is 304 g/mol. The van der Waals surface area contributed by atoms with E-state index in [0.717, 1.165) is 12.1 Å². The van der Waals surface area contributed by atoms with E-state index in [1.807, 2.05) is 17.8 Å². The van der Waals surface area contributed by atoms with Gasteiger partial charge in [0, 0.05) is 28.0 Å². The average molecular weight is 327 g/mol. The Labute approximate surface area is 136 Å². The summed E-state index contributed by atoms with van der Waals surface area (Å²) in [4.78, 5) is 16.7. The first-order chi connectivity index (χ1) is 9.70. The standard InChI is InChI=1S/C16H23ClN2OS/c1-15(2,3)12-8-11(9-13(17)19-12)14(20)18-10-16(4)6-5-7-21-16/h8-9H,5-7,10H2,1-4H3,(H,18,20). The molecule has 1 fully saturated rings. The summed E-state index contributed by atoms with van der Waals surface area (Å²) < 4.78 is 0.166. The molecule has 1 N–H and O–H groups in total. The van der Waals surface area contributed by atoms with Gasteiger partial charge in [0.1, 0.15) is 5.15 Å². The molecule has 3 nitrogen and oxygen atoms in total. The smallest absolute Gasteiger partial charge is 0.251 e. The minimum Gasteiger partial charge on any atom is -0.351 e. The molecule has 2 rings (SSSR count). The van der Waals surface area contributed by atoms with Crippen LogP contribution in [0.2, 0.25) is 5.15 Å². The van der Waals surface area contributed by atoms with E-state index in [4.69, 9.17) is 11.6 Å². The van der Waals surface area contributed by atoms with Crippen LogP contribution in [0.25, 0.3) is 0 Å². The van der Waals surface area contributed by atoms with Gasteiger partial charge < -0.3 is 5.32 Å². The third-order valence-electron chi connectivity index (χ3n) is 3.75. The predicted molar refractivity (Wildman–Crippen MR) is 90.4 cm³/mol. The maximum Gasteiger partial charge on any atom is 0.251 e. The maximum atomic E-state index is 12.4. The molecule has 116 valence electrons. The van der Waals surface area contributed by atoms with Gasteiger partial charge in [-0.2, -0.15) is 11.8 Å². The summed E-state index contributed by atoms with van der Waals surface area (Å²) in [5.74, 6) is 1.11. The van der Waals surface area contributed by atoms with Crippen LogP contribution in [-0.2, 0) is 5.41 Å². The number of carbonyl (C=O) groups is 1. The number of rotatable bonds is 3. The molecule has 0 radical (unpaired) electrons. The molecule has 5 heteroatoms. The first kappa shape index (κ1) is 16.6. The van der Waals surface area contributed by atoms with Crippen LogP contribution < -0.4 is 5.32 Å². The number of aromatic nitrogens is 1. The van der Waals surface area contributed by atoms with E-state index in [9.17, 15) is 4.79 Å². The van der Waals surface area contributed by atoms with Crippen LogP contribution in [0.15, 0.2) is 12.1 Å². The second kappa shape index (κ2) is 6.17. The van der Waals surface area contributed by atoms with Crippen molar-refractivity contribution >= 4 is 29.3 Å². The van der Waals surface area contributed by atoms with Gasteiger partial charge in [-0.15, -0.1) is 0 Å². The van der Waals surface area contributed by atoms with Crippen molar-refractivity contribution in [2.24, 2.45) is 0 Å². The Hall–Kier alpha value is -0.740. The van der Waals surface area contributed by atoms with E-state index in [-0.39, 0.29) is 16.1 Å². The number of nitrogens with one attached hydrogen (secondary N) is 1. The van der Waals surface area contributed by atoms with Crippen molar-refractivity contribution in [1.82, 2.24) is 10.3 Å². The molecule has 0 aliphatic carbocycles. The summed E-state index contributed by atoms with van der Waals surface area (Å²) in [6.07, 6.45) is 2.38. The van der Waals surface area contributed by atoms with Gasteiger partial charge in [-0.25, -0.2) is 4.98 Å². The highest BCUT2D eigenvalue weighted by molar-refractivity contribution is 8.00. The van der Waals surface area contributed by atoms with E-state index >= 15 is 0 Å². The van der Waals surface area contributed by atoms with Crippen LogP contribution >= 0.6 is 23.4 Å². The number of nitrogens with zero attached hydrogens (tertiary/aromatic N) is 1. The van der Waals surface area contributed by atoms with Crippen molar-refractivity contribution in [3.8, 4) is 0 Å². The highest BCUT2D eigenvalue weighted by Crippen LogP contribution is 2.37. The lowest BCUT2D eigenvalue weighted by atomic mass is 9.91. The van der Waals surface area contributed by atoms with Crippen molar-refractivity contribution in [2.45, 2.75) is 50.7 Å². The fourth-order valence-electron chi connectivity index (χ4n) is 2.36. The Kier molecular flexibility index (Phi) is 4.89. The van der Waals surface area contributed by atoms with E-state index < -0.39 is 0 Å². The molecule has 1 amide bonds. The van der Waals surface area contributed by atoms with Gasteiger partial charge in [-0.1, -0.05) is 32.4 Å². The van der Waals surface area contributed by atoms with E-state index in [0.29, 0.717) is 17.3 Å². The van der Waals surface area contributed by atoms with Gasteiger partial charge in [-0.05, 0) is 37.7 Å². The summed E-state index contributed by atoms with van der Waals surface area (Å²) >= 11 is 8.00. The molecule has 1 aromatic heterocycles. The fourth-order valence-corrected chi connectivity index (χ4v) is 3.81. The number of hydrogen-bond donors (Lipinski definition) is 1. The van der Waals surface area contributed by atoms with Gasteiger partial charge in [0.2, 0.25) is 0 Å². The maximum absolute atomic E-state index is 12.4. The number of amides is 1.